The molecule has 34 heavy (non-hydrogen) atoms. The zero-order valence-corrected chi connectivity index (χ0v) is 19.6. The number of terminal acetylenes is 1. The molecule has 0 spiro atoms. The van der Waals surface area contributed by atoms with Crippen LogP contribution in [0.25, 0.3) is 0 Å². The number of thioether (sulfide) groups is 1. The molecule has 2 amide bonds. The third kappa shape index (κ3) is 4.05. The van der Waals surface area contributed by atoms with Crippen LogP contribution in [0.1, 0.15) is 36.3 Å². The number of carbonyl (C=O) groups is 2. The molecule has 1 aromatic heterocycles. The van der Waals surface area contributed by atoms with E-state index in [0.717, 1.165) is 0 Å². The predicted molar refractivity (Wildman–Crippen MR) is 127 cm³/mol. The van der Waals surface area contributed by atoms with E-state index in [1.807, 2.05) is 0 Å². The van der Waals surface area contributed by atoms with E-state index in [2.05, 4.69) is 31.5 Å². The highest BCUT2D eigenvalue weighted by atomic mass is 32.2. The number of halogens is 1. The molecule has 4 rings (SSSR count). The summed E-state index contributed by atoms with van der Waals surface area (Å²) in [6, 6.07) is 4.19. The molecule has 4 N–H and O–H groups in total. The van der Waals surface area contributed by atoms with Crippen molar-refractivity contribution >= 4 is 34.4 Å². The summed E-state index contributed by atoms with van der Waals surface area (Å²) in [4.78, 5) is 37.8. The van der Waals surface area contributed by atoms with E-state index in [-0.39, 0.29) is 34.1 Å². The third-order valence-corrected chi connectivity index (χ3v) is 7.29. The zero-order valence-electron chi connectivity index (χ0n) is 18.8. The lowest BCUT2D eigenvalue weighted by Gasteiger charge is -2.33. The molecular weight excluding hydrogens is 459 g/mol. The standard InChI is InChI=1S/C23H23FN6O3S/c1-5-12(2)33-18-11-27-16(10-28-18)19(31)29-13-6-7-15(24)14(8-13)22(3)17-9-23(17,20(32)26-4)34-21(25)30-22/h1,6-8,10-12,17H,9H2,2-4H3,(H2,25,30)(H,26,32)(H,29,31)/t12?,17-,22+,23-/m0/s1. The molecule has 1 fully saturated rings. The average molecular weight is 483 g/mol. The van der Waals surface area contributed by atoms with Crippen molar-refractivity contribution in [2.45, 2.75) is 36.7 Å². The van der Waals surface area contributed by atoms with E-state index >= 15 is 0 Å². The highest BCUT2D eigenvalue weighted by molar-refractivity contribution is 8.15. The number of nitrogens with one attached hydrogen (secondary N) is 2. The molecule has 1 aliphatic carbocycles. The fourth-order valence-corrected chi connectivity index (χ4v) is 5.60. The van der Waals surface area contributed by atoms with Gasteiger partial charge < -0.3 is 21.1 Å². The number of nitrogens with two attached hydrogens (primary N) is 1. The number of ether oxygens (including phenoxy) is 1. The van der Waals surface area contributed by atoms with Crippen LogP contribution >= 0.6 is 11.8 Å². The number of aromatic nitrogens is 2. The number of aliphatic imine (C=N–C) groups is 1. The zero-order chi connectivity index (χ0) is 24.7. The van der Waals surface area contributed by atoms with Crippen LogP contribution in [0, 0.1) is 24.1 Å². The monoisotopic (exact) mass is 482 g/mol. The minimum atomic E-state index is -1.07. The van der Waals surface area contributed by atoms with Crippen LogP contribution in [-0.2, 0) is 10.3 Å². The van der Waals surface area contributed by atoms with Crippen molar-refractivity contribution in [3.8, 4) is 18.2 Å². The van der Waals surface area contributed by atoms with Crippen LogP contribution < -0.4 is 21.1 Å². The lowest BCUT2D eigenvalue weighted by Crippen LogP contribution is -2.43. The van der Waals surface area contributed by atoms with Crippen molar-refractivity contribution in [1.82, 2.24) is 15.3 Å². The molecule has 2 heterocycles. The van der Waals surface area contributed by atoms with Crippen molar-refractivity contribution in [1.29, 1.82) is 0 Å². The predicted octanol–water partition coefficient (Wildman–Crippen LogP) is 2.05. The largest absolute Gasteiger partial charge is 0.460 e. The number of hydrogen-bond acceptors (Lipinski definition) is 8. The molecule has 9 nitrogen and oxygen atoms in total. The Morgan fingerprint density at radius 3 is 2.79 bits per heavy atom. The summed E-state index contributed by atoms with van der Waals surface area (Å²) in [5.74, 6) is 1.13. The van der Waals surface area contributed by atoms with Gasteiger partial charge in [0.1, 0.15) is 16.3 Å². The fraction of sp³-hybridized carbons (Fsp3) is 0.348. The van der Waals surface area contributed by atoms with Crippen molar-refractivity contribution in [3.63, 3.8) is 0 Å². The summed E-state index contributed by atoms with van der Waals surface area (Å²) in [7, 11) is 1.56. The van der Waals surface area contributed by atoms with Gasteiger partial charge in [0.2, 0.25) is 11.8 Å². The molecule has 0 bridgehead atoms. The summed E-state index contributed by atoms with van der Waals surface area (Å²) in [5, 5.41) is 5.57. The number of nitrogens with zero attached hydrogens (tertiary/aromatic N) is 3. The Bertz CT molecular complexity index is 1230. The van der Waals surface area contributed by atoms with E-state index in [0.29, 0.717) is 12.1 Å². The number of anilines is 1. The molecule has 11 heteroatoms. The molecule has 0 saturated heterocycles. The van der Waals surface area contributed by atoms with Gasteiger partial charge in [0.15, 0.2) is 11.3 Å². The van der Waals surface area contributed by atoms with Crippen LogP contribution in [0.3, 0.4) is 0 Å². The van der Waals surface area contributed by atoms with Gasteiger partial charge in [-0.25, -0.2) is 14.4 Å². The smallest absolute Gasteiger partial charge is 0.275 e. The van der Waals surface area contributed by atoms with E-state index in [4.69, 9.17) is 16.9 Å². The molecule has 4 atom stereocenters. The van der Waals surface area contributed by atoms with E-state index in [1.165, 1.54) is 42.4 Å². The molecule has 1 unspecified atom stereocenters. The number of carbonyl (C=O) groups excluding carboxylic acids is 2. The highest BCUT2D eigenvalue weighted by Crippen LogP contribution is 2.66. The molecule has 176 valence electrons. The number of benzene rings is 1. The second-order valence-corrected chi connectivity index (χ2v) is 9.59. The quantitative estimate of drug-likeness (QED) is 0.537. The minimum absolute atomic E-state index is 0.0370. The maximum atomic E-state index is 15.0. The second kappa shape index (κ2) is 8.61. The Labute approximate surface area is 200 Å². The summed E-state index contributed by atoms with van der Waals surface area (Å²) in [6.45, 7) is 3.43. The van der Waals surface area contributed by atoms with Gasteiger partial charge in [0.05, 0.1) is 17.9 Å². The Balaban J connectivity index is 1.57. The average Bonchev–Trinajstić information content (AvgIpc) is 3.56. The number of hydrogen-bond donors (Lipinski definition) is 3. The first-order valence-electron chi connectivity index (χ1n) is 10.5. The number of fused-ring (bicyclic) bond motifs is 1. The van der Waals surface area contributed by atoms with Crippen LogP contribution in [0.5, 0.6) is 5.88 Å². The van der Waals surface area contributed by atoms with Gasteiger partial charge in [-0.15, -0.1) is 6.42 Å². The van der Waals surface area contributed by atoms with Crippen molar-refractivity contribution in [2.75, 3.05) is 12.4 Å². The SMILES string of the molecule is C#CC(C)Oc1cnc(C(=O)Nc2ccc(F)c([C@@]3(C)N=C(N)S[C@@]4(C(=O)NC)C[C@H]43)c2)cn1. The Morgan fingerprint density at radius 1 is 1.38 bits per heavy atom. The molecule has 0 radical (unpaired) electrons. The maximum Gasteiger partial charge on any atom is 0.275 e. The van der Waals surface area contributed by atoms with Crippen LogP contribution in [-0.4, -0.2) is 44.8 Å². The molecule has 2 aromatic rings. The Morgan fingerprint density at radius 2 is 2.15 bits per heavy atom. The number of amides is 2. The van der Waals surface area contributed by atoms with Gasteiger partial charge in [-0.3, -0.25) is 14.6 Å². The van der Waals surface area contributed by atoms with Gasteiger partial charge in [0.25, 0.3) is 5.91 Å². The van der Waals surface area contributed by atoms with Gasteiger partial charge in [-0.1, -0.05) is 17.7 Å². The molecule has 1 aliphatic heterocycles. The minimum Gasteiger partial charge on any atom is -0.460 e. The Hall–Kier alpha value is -3.65. The summed E-state index contributed by atoms with van der Waals surface area (Å²) >= 11 is 1.20. The molecule has 2 aliphatic rings. The first-order chi connectivity index (χ1) is 16.1. The first kappa shape index (κ1) is 23.5. The first-order valence-corrected chi connectivity index (χ1v) is 11.3. The van der Waals surface area contributed by atoms with Crippen LogP contribution in [0.15, 0.2) is 35.6 Å². The third-order valence-electron chi connectivity index (χ3n) is 5.99. The maximum absolute atomic E-state index is 15.0. The van der Waals surface area contributed by atoms with Crippen molar-refractivity contribution in [2.24, 2.45) is 16.6 Å². The van der Waals surface area contributed by atoms with Crippen molar-refractivity contribution < 1.29 is 18.7 Å². The van der Waals surface area contributed by atoms with Gasteiger partial charge >= 0.3 is 0 Å². The second-order valence-electron chi connectivity index (χ2n) is 8.24. The Kier molecular flexibility index (Phi) is 5.95. The topological polar surface area (TPSA) is 132 Å². The molecular formula is C23H23FN6O3S. The van der Waals surface area contributed by atoms with Gasteiger partial charge in [-0.05, 0) is 38.5 Å². The summed E-state index contributed by atoms with van der Waals surface area (Å²) in [6.07, 6.45) is 7.84. The van der Waals surface area contributed by atoms with E-state index in [1.54, 1.807) is 20.9 Å². The number of amidine groups is 1. The van der Waals surface area contributed by atoms with E-state index < -0.39 is 28.1 Å². The fourth-order valence-electron chi connectivity index (χ4n) is 4.18. The lowest BCUT2D eigenvalue weighted by molar-refractivity contribution is -0.121. The molecule has 1 aromatic carbocycles. The highest BCUT2D eigenvalue weighted by Gasteiger charge is 2.70. The normalized spacial score (nSPS) is 25.7. The van der Waals surface area contributed by atoms with E-state index in [9.17, 15) is 14.0 Å². The van der Waals surface area contributed by atoms with Crippen molar-refractivity contribution in [3.05, 3.63) is 47.7 Å². The van der Waals surface area contributed by atoms with Crippen LogP contribution in [0.2, 0.25) is 0 Å². The lowest BCUT2D eigenvalue weighted by atomic mass is 9.85. The summed E-state index contributed by atoms with van der Waals surface area (Å²) in [5.41, 5.74) is 5.58. The number of rotatable bonds is 6. The van der Waals surface area contributed by atoms with Gasteiger partial charge in [0, 0.05) is 24.2 Å². The summed E-state index contributed by atoms with van der Waals surface area (Å²) < 4.78 is 19.5. The van der Waals surface area contributed by atoms with Crippen LogP contribution in [0.4, 0.5) is 10.1 Å². The van der Waals surface area contributed by atoms with Gasteiger partial charge in [-0.2, -0.15) is 0 Å². The molecule has 1 saturated carbocycles.